The lowest BCUT2D eigenvalue weighted by Gasteiger charge is -2.10. The van der Waals surface area contributed by atoms with Crippen LogP contribution >= 0.6 is 0 Å². The summed E-state index contributed by atoms with van der Waals surface area (Å²) in [5, 5.41) is 8.60. The zero-order valence-electron chi connectivity index (χ0n) is 9.05. The molecule has 5 nitrogen and oxygen atoms in total. The fraction of sp³-hybridized carbons (Fsp3) is 0.300. The van der Waals surface area contributed by atoms with Gasteiger partial charge in [-0.25, -0.2) is 12.8 Å². The van der Waals surface area contributed by atoms with Gasteiger partial charge in [0.25, 0.3) is 0 Å². The summed E-state index contributed by atoms with van der Waals surface area (Å²) in [5.74, 6) is -3.36. The Balaban J connectivity index is 2.77. The molecule has 1 rings (SSSR count). The first-order valence-corrected chi connectivity index (χ1v) is 6.44. The summed E-state index contributed by atoms with van der Waals surface area (Å²) < 4.78 is 38.0. The topological polar surface area (TPSA) is 83.5 Å². The Morgan fingerprint density at radius 1 is 1.53 bits per heavy atom. The highest BCUT2D eigenvalue weighted by Gasteiger charge is 2.20. The molecule has 0 unspecified atom stereocenters. The molecular weight excluding hydrogens is 249 g/mol. The highest BCUT2D eigenvalue weighted by atomic mass is 32.2. The zero-order chi connectivity index (χ0) is 13.1. The van der Waals surface area contributed by atoms with E-state index in [0.717, 1.165) is 6.07 Å². The van der Waals surface area contributed by atoms with Gasteiger partial charge in [0.2, 0.25) is 10.0 Å². The SMILES string of the molecule is C[C@H](CS(=O)(=O)Nc1cccc(F)c1)C(=O)O. The van der Waals surface area contributed by atoms with Crippen LogP contribution in [0.3, 0.4) is 0 Å². The van der Waals surface area contributed by atoms with E-state index in [9.17, 15) is 17.6 Å². The predicted molar refractivity (Wildman–Crippen MR) is 60.6 cm³/mol. The molecule has 94 valence electrons. The van der Waals surface area contributed by atoms with Gasteiger partial charge in [-0.3, -0.25) is 9.52 Å². The van der Waals surface area contributed by atoms with E-state index in [1.54, 1.807) is 0 Å². The normalized spacial score (nSPS) is 13.1. The monoisotopic (exact) mass is 261 g/mol. The minimum atomic E-state index is -3.79. The van der Waals surface area contributed by atoms with Gasteiger partial charge in [-0.2, -0.15) is 0 Å². The number of carboxylic acids is 1. The molecule has 1 aromatic rings. The number of nitrogens with one attached hydrogen (secondary N) is 1. The third-order valence-corrected chi connectivity index (χ3v) is 3.47. The summed E-state index contributed by atoms with van der Waals surface area (Å²) in [4.78, 5) is 10.5. The highest BCUT2D eigenvalue weighted by molar-refractivity contribution is 7.92. The first-order valence-electron chi connectivity index (χ1n) is 4.79. The molecule has 0 fully saturated rings. The molecule has 17 heavy (non-hydrogen) atoms. The molecule has 0 radical (unpaired) electrons. The molecule has 0 saturated heterocycles. The average Bonchev–Trinajstić information content (AvgIpc) is 2.15. The van der Waals surface area contributed by atoms with Gasteiger partial charge >= 0.3 is 5.97 Å². The van der Waals surface area contributed by atoms with Crippen LogP contribution in [-0.4, -0.2) is 25.2 Å². The number of halogens is 1. The smallest absolute Gasteiger partial charge is 0.307 e. The van der Waals surface area contributed by atoms with Crippen molar-refractivity contribution in [3.63, 3.8) is 0 Å². The minimum absolute atomic E-state index is 0.0718. The number of aliphatic carboxylic acids is 1. The van der Waals surface area contributed by atoms with Crippen molar-refractivity contribution in [1.82, 2.24) is 0 Å². The van der Waals surface area contributed by atoms with E-state index < -0.39 is 33.5 Å². The van der Waals surface area contributed by atoms with Crippen molar-refractivity contribution in [3.8, 4) is 0 Å². The Morgan fingerprint density at radius 2 is 2.18 bits per heavy atom. The number of anilines is 1. The fourth-order valence-corrected chi connectivity index (χ4v) is 2.54. The number of hydrogen-bond donors (Lipinski definition) is 2. The van der Waals surface area contributed by atoms with Crippen LogP contribution in [0.4, 0.5) is 10.1 Å². The molecule has 0 aromatic heterocycles. The van der Waals surface area contributed by atoms with Crippen molar-refractivity contribution in [2.75, 3.05) is 10.5 Å². The van der Waals surface area contributed by atoms with Gasteiger partial charge in [-0.15, -0.1) is 0 Å². The lowest BCUT2D eigenvalue weighted by atomic mass is 10.2. The molecule has 0 aliphatic heterocycles. The average molecular weight is 261 g/mol. The maximum absolute atomic E-state index is 12.8. The molecule has 7 heteroatoms. The van der Waals surface area contributed by atoms with E-state index in [1.807, 2.05) is 0 Å². The summed E-state index contributed by atoms with van der Waals surface area (Å²) in [6.07, 6.45) is 0. The third kappa shape index (κ3) is 4.39. The summed E-state index contributed by atoms with van der Waals surface area (Å²) in [7, 11) is -3.79. The minimum Gasteiger partial charge on any atom is -0.481 e. The van der Waals surface area contributed by atoms with E-state index in [1.165, 1.54) is 25.1 Å². The van der Waals surface area contributed by atoms with E-state index in [0.29, 0.717) is 0 Å². The van der Waals surface area contributed by atoms with E-state index in [-0.39, 0.29) is 5.69 Å². The van der Waals surface area contributed by atoms with Gasteiger partial charge in [0.15, 0.2) is 0 Å². The van der Waals surface area contributed by atoms with Crippen LogP contribution < -0.4 is 4.72 Å². The molecule has 0 aliphatic rings. The second-order valence-electron chi connectivity index (χ2n) is 3.63. The van der Waals surface area contributed by atoms with Gasteiger partial charge in [0.05, 0.1) is 17.4 Å². The summed E-state index contributed by atoms with van der Waals surface area (Å²) in [6.45, 7) is 1.28. The van der Waals surface area contributed by atoms with Crippen molar-refractivity contribution >= 4 is 21.7 Å². The van der Waals surface area contributed by atoms with Crippen LogP contribution in [0.2, 0.25) is 0 Å². The standard InChI is InChI=1S/C10H12FNO4S/c1-7(10(13)14)6-17(15,16)12-9-4-2-3-8(11)5-9/h2-5,7,12H,6H2,1H3,(H,13,14)/t7-/m1/s1. The van der Waals surface area contributed by atoms with Crippen LogP contribution in [0, 0.1) is 11.7 Å². The second kappa shape index (κ2) is 5.13. The molecule has 0 amide bonds. The molecule has 1 aromatic carbocycles. The molecule has 0 saturated carbocycles. The van der Waals surface area contributed by atoms with Gasteiger partial charge in [0.1, 0.15) is 5.82 Å². The Morgan fingerprint density at radius 3 is 2.71 bits per heavy atom. The summed E-state index contributed by atoms with van der Waals surface area (Å²) in [6, 6.07) is 4.93. The highest BCUT2D eigenvalue weighted by Crippen LogP contribution is 2.12. The van der Waals surface area contributed by atoms with Crippen LogP contribution in [-0.2, 0) is 14.8 Å². The van der Waals surface area contributed by atoms with Gasteiger partial charge in [0, 0.05) is 0 Å². The number of rotatable bonds is 5. The number of benzene rings is 1. The summed E-state index contributed by atoms with van der Waals surface area (Å²) in [5.41, 5.74) is 0.0718. The van der Waals surface area contributed by atoms with Crippen LogP contribution in [0.15, 0.2) is 24.3 Å². The first-order chi connectivity index (χ1) is 7.80. The second-order valence-corrected chi connectivity index (χ2v) is 5.40. The molecule has 0 heterocycles. The first kappa shape index (κ1) is 13.4. The number of carboxylic acid groups (broad SMARTS) is 1. The number of hydrogen-bond acceptors (Lipinski definition) is 3. The maximum atomic E-state index is 12.8. The molecule has 0 aliphatic carbocycles. The van der Waals surface area contributed by atoms with E-state index in [4.69, 9.17) is 5.11 Å². The lowest BCUT2D eigenvalue weighted by molar-refractivity contribution is -0.140. The Kier molecular flexibility index (Phi) is 4.06. The molecular formula is C10H12FNO4S. The number of carbonyl (C=O) groups is 1. The summed E-state index contributed by atoms with van der Waals surface area (Å²) >= 11 is 0. The van der Waals surface area contributed by atoms with E-state index in [2.05, 4.69) is 4.72 Å². The van der Waals surface area contributed by atoms with Gasteiger partial charge < -0.3 is 5.11 Å². The Hall–Kier alpha value is -1.63. The van der Waals surface area contributed by atoms with E-state index >= 15 is 0 Å². The molecule has 2 N–H and O–H groups in total. The fourth-order valence-electron chi connectivity index (χ4n) is 1.17. The van der Waals surface area contributed by atoms with Gasteiger partial charge in [-0.05, 0) is 18.2 Å². The van der Waals surface area contributed by atoms with Crippen LogP contribution in [0.25, 0.3) is 0 Å². The molecule has 1 atom stereocenters. The van der Waals surface area contributed by atoms with Gasteiger partial charge in [-0.1, -0.05) is 13.0 Å². The van der Waals surface area contributed by atoms with Crippen molar-refractivity contribution in [3.05, 3.63) is 30.1 Å². The maximum Gasteiger partial charge on any atom is 0.307 e. The quantitative estimate of drug-likeness (QED) is 0.836. The lowest BCUT2D eigenvalue weighted by Crippen LogP contribution is -2.25. The number of sulfonamides is 1. The Bertz CT molecular complexity index is 515. The van der Waals surface area contributed by atoms with Crippen LogP contribution in [0.5, 0.6) is 0 Å². The third-order valence-electron chi connectivity index (χ3n) is 1.99. The Labute approximate surface area is 98.3 Å². The predicted octanol–water partition coefficient (Wildman–Crippen LogP) is 1.29. The largest absolute Gasteiger partial charge is 0.481 e. The zero-order valence-corrected chi connectivity index (χ0v) is 9.87. The van der Waals surface area contributed by atoms with Crippen molar-refractivity contribution in [2.24, 2.45) is 5.92 Å². The van der Waals surface area contributed by atoms with Crippen molar-refractivity contribution in [1.29, 1.82) is 0 Å². The molecule has 0 spiro atoms. The van der Waals surface area contributed by atoms with Crippen molar-refractivity contribution in [2.45, 2.75) is 6.92 Å². The molecule has 0 bridgehead atoms. The van der Waals surface area contributed by atoms with Crippen LogP contribution in [0.1, 0.15) is 6.92 Å². The van der Waals surface area contributed by atoms with Crippen molar-refractivity contribution < 1.29 is 22.7 Å².